The smallest absolute Gasteiger partial charge is 0.346 e. The van der Waals surface area contributed by atoms with Crippen LogP contribution in [0.15, 0.2) is 49.2 Å². The van der Waals surface area contributed by atoms with Crippen LogP contribution in [-0.2, 0) is 12.7 Å². The molecule has 12 heteroatoms. The number of nitrogens with one attached hydrogen (secondary N) is 1. The lowest BCUT2D eigenvalue weighted by Gasteiger charge is -2.14. The first-order valence-corrected chi connectivity index (χ1v) is 9.93. The second-order valence-corrected chi connectivity index (χ2v) is 7.40. The fourth-order valence-corrected chi connectivity index (χ4v) is 3.10. The second-order valence-electron chi connectivity index (χ2n) is 7.40. The van der Waals surface area contributed by atoms with E-state index in [9.17, 15) is 18.0 Å². The first-order valence-electron chi connectivity index (χ1n) is 9.93. The Morgan fingerprint density at radius 3 is 2.47 bits per heavy atom. The zero-order valence-electron chi connectivity index (χ0n) is 17.9. The lowest BCUT2D eigenvalue weighted by Crippen LogP contribution is -2.24. The molecule has 0 fully saturated rings. The molecular weight excluding hydrogens is 454 g/mol. The molecule has 4 aromatic rings. The van der Waals surface area contributed by atoms with E-state index in [1.54, 1.807) is 19.9 Å². The van der Waals surface area contributed by atoms with Crippen LogP contribution in [0.3, 0.4) is 0 Å². The van der Waals surface area contributed by atoms with Crippen LogP contribution in [0.2, 0.25) is 0 Å². The summed E-state index contributed by atoms with van der Waals surface area (Å²) in [4.78, 5) is 28.4. The summed E-state index contributed by atoms with van der Waals surface area (Å²) in [7, 11) is 0. The van der Waals surface area contributed by atoms with Crippen LogP contribution in [0.25, 0.3) is 16.9 Å². The van der Waals surface area contributed by atoms with E-state index in [-0.39, 0.29) is 23.4 Å². The summed E-state index contributed by atoms with van der Waals surface area (Å²) in [5, 5.41) is 6.15. The third-order valence-corrected chi connectivity index (χ3v) is 4.80. The fraction of sp³-hybridized carbons (Fsp3) is 0.182. The quantitative estimate of drug-likeness (QED) is 0.445. The number of carbonyl (C=O) groups excluding carboxylic acids is 1. The van der Waals surface area contributed by atoms with Crippen molar-refractivity contribution < 1.29 is 22.4 Å². The zero-order chi connectivity index (χ0) is 24.5. The minimum Gasteiger partial charge on any atom is -0.346 e. The summed E-state index contributed by atoms with van der Waals surface area (Å²) in [6, 6.07) is 5.37. The molecule has 0 aliphatic rings. The molecule has 0 aliphatic heterocycles. The lowest BCUT2D eigenvalue weighted by molar-refractivity contribution is -0.146. The number of hydrogen-bond acceptors (Lipinski definition) is 6. The highest BCUT2D eigenvalue weighted by Gasteiger charge is 2.38. The molecule has 3 aromatic heterocycles. The standard InChI is InChI=1S/C22H17F4N7O/c1-12-3-4-17(29-7-12)16-5-14(20(34)30-10-15-9-27-13(2)8-28-15)6-18(19(16)23)33-21(22(24,25)26)31-11-32-33/h3-9,11H,10H2,1-2H3,(H,30,34). The molecule has 34 heavy (non-hydrogen) atoms. The first kappa shape index (κ1) is 23.0. The Morgan fingerprint density at radius 1 is 1.03 bits per heavy atom. The Morgan fingerprint density at radius 2 is 1.82 bits per heavy atom. The van der Waals surface area contributed by atoms with E-state index in [0.717, 1.165) is 11.6 Å². The van der Waals surface area contributed by atoms with Gasteiger partial charge in [-0.3, -0.25) is 19.7 Å². The highest BCUT2D eigenvalue weighted by molar-refractivity contribution is 5.96. The number of hydrogen-bond donors (Lipinski definition) is 1. The number of benzene rings is 1. The summed E-state index contributed by atoms with van der Waals surface area (Å²) in [6.07, 6.45) is 0.261. The highest BCUT2D eigenvalue weighted by atomic mass is 19.4. The average molecular weight is 471 g/mol. The van der Waals surface area contributed by atoms with Crippen molar-refractivity contribution in [2.24, 2.45) is 0 Å². The molecule has 0 unspecified atom stereocenters. The van der Waals surface area contributed by atoms with Crippen LogP contribution in [0.5, 0.6) is 0 Å². The van der Waals surface area contributed by atoms with Crippen molar-refractivity contribution in [2.45, 2.75) is 26.6 Å². The van der Waals surface area contributed by atoms with Crippen LogP contribution in [0.4, 0.5) is 17.6 Å². The number of carbonyl (C=O) groups is 1. The van der Waals surface area contributed by atoms with Gasteiger partial charge in [0.2, 0.25) is 5.82 Å². The van der Waals surface area contributed by atoms with Gasteiger partial charge in [-0.2, -0.15) is 18.3 Å². The SMILES string of the molecule is Cc1ccc(-c2cc(C(=O)NCc3cnc(C)cn3)cc(-n3ncnc3C(F)(F)F)c2F)nc1. The molecule has 1 aromatic carbocycles. The van der Waals surface area contributed by atoms with Crippen LogP contribution in [-0.4, -0.2) is 35.6 Å². The van der Waals surface area contributed by atoms with Gasteiger partial charge in [0.15, 0.2) is 5.82 Å². The van der Waals surface area contributed by atoms with Gasteiger partial charge in [-0.1, -0.05) is 6.07 Å². The number of amides is 1. The van der Waals surface area contributed by atoms with E-state index in [1.807, 2.05) is 0 Å². The molecule has 0 saturated carbocycles. The normalized spacial score (nSPS) is 11.5. The molecule has 8 nitrogen and oxygen atoms in total. The van der Waals surface area contributed by atoms with Crippen molar-refractivity contribution in [3.63, 3.8) is 0 Å². The third kappa shape index (κ3) is 4.75. The predicted octanol–water partition coefficient (Wildman–Crippen LogP) is 3.82. The van der Waals surface area contributed by atoms with Crippen LogP contribution >= 0.6 is 0 Å². The Bertz CT molecular complexity index is 1330. The molecule has 1 amide bonds. The Balaban J connectivity index is 1.78. The van der Waals surface area contributed by atoms with E-state index in [1.165, 1.54) is 30.7 Å². The van der Waals surface area contributed by atoms with Crippen molar-refractivity contribution in [1.82, 2.24) is 35.0 Å². The van der Waals surface area contributed by atoms with Crippen molar-refractivity contribution >= 4 is 5.91 Å². The van der Waals surface area contributed by atoms with Crippen molar-refractivity contribution in [3.8, 4) is 16.9 Å². The molecule has 0 radical (unpaired) electrons. The molecule has 0 atom stereocenters. The molecule has 0 spiro atoms. The lowest BCUT2D eigenvalue weighted by atomic mass is 10.0. The summed E-state index contributed by atoms with van der Waals surface area (Å²) >= 11 is 0. The van der Waals surface area contributed by atoms with Gasteiger partial charge >= 0.3 is 6.18 Å². The molecule has 4 rings (SSSR count). The van der Waals surface area contributed by atoms with E-state index in [0.29, 0.717) is 22.4 Å². The molecule has 0 bridgehead atoms. The number of aromatic nitrogens is 6. The number of nitrogens with zero attached hydrogens (tertiary/aromatic N) is 6. The summed E-state index contributed by atoms with van der Waals surface area (Å²) < 4.78 is 56.0. The van der Waals surface area contributed by atoms with Gasteiger partial charge in [0.1, 0.15) is 12.0 Å². The van der Waals surface area contributed by atoms with Crippen LogP contribution in [0.1, 0.15) is 33.1 Å². The summed E-state index contributed by atoms with van der Waals surface area (Å²) in [6.45, 7) is 3.55. The van der Waals surface area contributed by atoms with Gasteiger partial charge in [0, 0.05) is 23.5 Å². The number of pyridine rings is 1. The first-order chi connectivity index (χ1) is 16.1. The Kier molecular flexibility index (Phi) is 6.05. The highest BCUT2D eigenvalue weighted by Crippen LogP contribution is 2.32. The maximum Gasteiger partial charge on any atom is 0.451 e. The monoisotopic (exact) mass is 471 g/mol. The molecular formula is C22H17F4N7O. The zero-order valence-corrected chi connectivity index (χ0v) is 17.9. The van der Waals surface area contributed by atoms with Gasteiger partial charge in [-0.15, -0.1) is 0 Å². The van der Waals surface area contributed by atoms with Gasteiger partial charge in [0.25, 0.3) is 5.91 Å². The van der Waals surface area contributed by atoms with Gasteiger partial charge < -0.3 is 5.32 Å². The van der Waals surface area contributed by atoms with Crippen LogP contribution in [0, 0.1) is 19.7 Å². The Hall–Kier alpha value is -4.22. The van der Waals surface area contributed by atoms with Gasteiger partial charge in [-0.25, -0.2) is 14.1 Å². The van der Waals surface area contributed by atoms with E-state index >= 15 is 4.39 Å². The Labute approximate surface area is 190 Å². The minimum absolute atomic E-state index is 0.00800. The second kappa shape index (κ2) is 8.96. The number of halogens is 4. The molecule has 3 heterocycles. The van der Waals surface area contributed by atoms with E-state index in [2.05, 4.69) is 30.4 Å². The third-order valence-electron chi connectivity index (χ3n) is 4.80. The van der Waals surface area contributed by atoms with Crippen molar-refractivity contribution in [2.75, 3.05) is 0 Å². The topological polar surface area (TPSA) is 98.5 Å². The average Bonchev–Trinajstić information content (AvgIpc) is 3.30. The maximum atomic E-state index is 15.5. The maximum absolute atomic E-state index is 15.5. The fourth-order valence-electron chi connectivity index (χ4n) is 3.10. The van der Waals surface area contributed by atoms with Gasteiger partial charge in [-0.05, 0) is 37.6 Å². The number of aryl methyl sites for hydroxylation is 2. The number of alkyl halides is 3. The molecule has 0 saturated heterocycles. The van der Waals surface area contributed by atoms with Gasteiger partial charge in [0.05, 0.1) is 29.8 Å². The van der Waals surface area contributed by atoms with Crippen molar-refractivity contribution in [1.29, 1.82) is 0 Å². The summed E-state index contributed by atoms with van der Waals surface area (Å²) in [5.41, 5.74) is 1.24. The van der Waals surface area contributed by atoms with E-state index < -0.39 is 29.4 Å². The van der Waals surface area contributed by atoms with Crippen molar-refractivity contribution in [3.05, 3.63) is 83.3 Å². The summed E-state index contributed by atoms with van der Waals surface area (Å²) in [5.74, 6) is -3.12. The van der Waals surface area contributed by atoms with Crippen LogP contribution < -0.4 is 5.32 Å². The minimum atomic E-state index is -4.90. The van der Waals surface area contributed by atoms with E-state index in [4.69, 9.17) is 0 Å². The largest absolute Gasteiger partial charge is 0.451 e. The predicted molar refractivity (Wildman–Crippen MR) is 112 cm³/mol. The molecule has 174 valence electrons. The molecule has 0 aliphatic carbocycles. The molecule has 1 N–H and O–H groups in total. The number of rotatable bonds is 5.